The number of benzene rings is 2. The van der Waals surface area contributed by atoms with Crippen molar-refractivity contribution in [1.82, 2.24) is 9.80 Å². The van der Waals surface area contributed by atoms with Crippen molar-refractivity contribution in [1.29, 1.82) is 0 Å². The van der Waals surface area contributed by atoms with Crippen LogP contribution in [0.15, 0.2) is 42.5 Å². The molecule has 2 atom stereocenters. The van der Waals surface area contributed by atoms with Crippen LogP contribution >= 0.6 is 0 Å². The summed E-state index contributed by atoms with van der Waals surface area (Å²) in [7, 11) is -3.86. The van der Waals surface area contributed by atoms with Gasteiger partial charge in [0, 0.05) is 38.1 Å². The lowest BCUT2D eigenvalue weighted by Gasteiger charge is -2.44. The monoisotopic (exact) mass is 519 g/mol. The second kappa shape index (κ2) is 11.9. The molecule has 1 amide bonds. The summed E-state index contributed by atoms with van der Waals surface area (Å²) in [6.45, 7) is 7.74. The van der Waals surface area contributed by atoms with E-state index in [9.17, 15) is 22.4 Å². The summed E-state index contributed by atoms with van der Waals surface area (Å²) < 4.78 is 41.4. The Balaban J connectivity index is 1.57. The minimum atomic E-state index is -3.86. The van der Waals surface area contributed by atoms with Gasteiger partial charge in [0.15, 0.2) is 6.61 Å². The fourth-order valence-corrected chi connectivity index (χ4v) is 5.02. The molecule has 1 aliphatic heterocycles. The topological polar surface area (TPSA) is 110 Å². The maximum Gasteiger partial charge on any atom is 0.260 e. The number of aryl methyl sites for hydroxylation is 2. The zero-order valence-electron chi connectivity index (χ0n) is 20.9. The number of carbonyl (C=O) groups is 2. The third-order valence-corrected chi connectivity index (χ3v) is 7.06. The number of piperazine rings is 1. The largest absolute Gasteiger partial charge is 0.483 e. The predicted molar refractivity (Wildman–Crippen MR) is 135 cm³/mol. The molecule has 0 bridgehead atoms. The first kappa shape index (κ1) is 27.8. The number of primary sulfonamides is 1. The average Bonchev–Trinajstić information content (AvgIpc) is 2.79. The number of amides is 1. The van der Waals surface area contributed by atoms with Gasteiger partial charge in [-0.1, -0.05) is 29.8 Å². The maximum absolute atomic E-state index is 13.2. The highest BCUT2D eigenvalue weighted by molar-refractivity contribution is 7.89. The zero-order chi connectivity index (χ0) is 26.5. The third kappa shape index (κ3) is 8.11. The minimum absolute atomic E-state index is 0.00868. The smallest absolute Gasteiger partial charge is 0.260 e. The zero-order valence-corrected chi connectivity index (χ0v) is 21.8. The Morgan fingerprint density at radius 2 is 1.78 bits per heavy atom. The van der Waals surface area contributed by atoms with Crippen LogP contribution in [0.25, 0.3) is 0 Å². The third-order valence-electron chi connectivity index (χ3n) is 6.34. The molecule has 196 valence electrons. The van der Waals surface area contributed by atoms with Crippen LogP contribution in [0, 0.1) is 12.7 Å². The van der Waals surface area contributed by atoms with Gasteiger partial charge in [0.05, 0.1) is 0 Å². The number of halogens is 1. The van der Waals surface area contributed by atoms with Gasteiger partial charge in [0.2, 0.25) is 10.0 Å². The summed E-state index contributed by atoms with van der Waals surface area (Å²) in [4.78, 5) is 29.1. The number of nitrogens with zero attached hydrogens (tertiary/aromatic N) is 2. The van der Waals surface area contributed by atoms with Crippen LogP contribution in [0.5, 0.6) is 5.75 Å². The van der Waals surface area contributed by atoms with Crippen molar-refractivity contribution >= 4 is 21.7 Å². The van der Waals surface area contributed by atoms with Gasteiger partial charge in [-0.3, -0.25) is 14.5 Å². The normalized spacial score (nSPS) is 18.8. The number of Topliss-reactive ketones (excluding diaryl/α,β-unsaturated/α-hetero) is 1. The van der Waals surface area contributed by atoms with Crippen molar-refractivity contribution in [2.45, 2.75) is 52.2 Å². The van der Waals surface area contributed by atoms with E-state index in [1.165, 1.54) is 12.1 Å². The van der Waals surface area contributed by atoms with Gasteiger partial charge in [-0.2, -0.15) is 0 Å². The molecule has 2 aromatic rings. The quantitative estimate of drug-likeness (QED) is 0.516. The van der Waals surface area contributed by atoms with E-state index >= 15 is 0 Å². The molecule has 1 saturated heterocycles. The van der Waals surface area contributed by atoms with Gasteiger partial charge in [0.25, 0.3) is 5.91 Å². The van der Waals surface area contributed by atoms with Crippen molar-refractivity contribution < 1.29 is 27.1 Å². The van der Waals surface area contributed by atoms with Crippen molar-refractivity contribution in [3.63, 3.8) is 0 Å². The summed E-state index contributed by atoms with van der Waals surface area (Å²) >= 11 is 0. The van der Waals surface area contributed by atoms with Gasteiger partial charge >= 0.3 is 0 Å². The van der Waals surface area contributed by atoms with E-state index < -0.39 is 21.6 Å². The fraction of sp³-hybridized carbons (Fsp3) is 0.462. The van der Waals surface area contributed by atoms with Gasteiger partial charge in [-0.05, 0) is 56.5 Å². The molecule has 1 aliphatic rings. The number of rotatable bonds is 10. The Bertz CT molecular complexity index is 1190. The molecule has 0 aromatic heterocycles. The number of sulfonamides is 1. The molecule has 0 aliphatic carbocycles. The molecule has 0 unspecified atom stereocenters. The molecule has 0 spiro atoms. The molecule has 0 saturated carbocycles. The Morgan fingerprint density at radius 1 is 1.08 bits per heavy atom. The van der Waals surface area contributed by atoms with E-state index in [2.05, 4.69) is 11.8 Å². The number of carbonyl (C=O) groups excluding carboxylic acids is 2. The average molecular weight is 520 g/mol. The van der Waals surface area contributed by atoms with Crippen LogP contribution in [0.4, 0.5) is 4.39 Å². The number of ketones is 1. The summed E-state index contributed by atoms with van der Waals surface area (Å²) in [6.07, 6.45) is 0.295. The lowest BCUT2D eigenvalue weighted by Crippen LogP contribution is -2.58. The van der Waals surface area contributed by atoms with E-state index in [4.69, 9.17) is 9.88 Å². The standard InChI is InChI=1S/C26H34FN3O5S/c1-18-4-11-25(22(12-18)7-10-24(31)17-36(28,33)34)35-16-26(32)30-14-19(2)29(13-20(30)3)15-21-5-8-23(27)9-6-21/h4-6,8-9,11-12,19-20H,7,10,13-17H2,1-3H3,(H2,28,33,34)/t19-,20+/m0/s1. The number of hydrogen-bond acceptors (Lipinski definition) is 6. The molecule has 36 heavy (non-hydrogen) atoms. The van der Waals surface area contributed by atoms with Crippen LogP contribution in [0.2, 0.25) is 0 Å². The van der Waals surface area contributed by atoms with E-state index in [-0.39, 0.29) is 43.3 Å². The van der Waals surface area contributed by atoms with E-state index in [0.717, 1.165) is 16.7 Å². The molecule has 1 fully saturated rings. The minimum Gasteiger partial charge on any atom is -0.483 e. The molecule has 3 rings (SSSR count). The second-order valence-electron chi connectivity index (χ2n) is 9.55. The Hall–Kier alpha value is -2.82. The van der Waals surface area contributed by atoms with Crippen molar-refractivity contribution in [3.8, 4) is 5.75 Å². The molecule has 2 aromatic carbocycles. The van der Waals surface area contributed by atoms with E-state index in [1.807, 2.05) is 30.9 Å². The fourth-order valence-electron chi connectivity index (χ4n) is 4.43. The Kier molecular flexibility index (Phi) is 9.21. The van der Waals surface area contributed by atoms with E-state index in [1.54, 1.807) is 18.2 Å². The molecule has 2 N–H and O–H groups in total. The first-order valence-electron chi connectivity index (χ1n) is 11.9. The van der Waals surface area contributed by atoms with Crippen LogP contribution in [-0.4, -0.2) is 67.4 Å². The van der Waals surface area contributed by atoms with E-state index in [0.29, 0.717) is 25.4 Å². The first-order chi connectivity index (χ1) is 16.9. The van der Waals surface area contributed by atoms with Gasteiger partial charge in [-0.25, -0.2) is 17.9 Å². The lowest BCUT2D eigenvalue weighted by molar-refractivity contribution is -0.139. The van der Waals surface area contributed by atoms with Crippen LogP contribution in [0.3, 0.4) is 0 Å². The summed E-state index contributed by atoms with van der Waals surface area (Å²) in [5.41, 5.74) is 2.71. The maximum atomic E-state index is 13.2. The van der Waals surface area contributed by atoms with Crippen molar-refractivity contribution in [2.24, 2.45) is 5.14 Å². The second-order valence-corrected chi connectivity index (χ2v) is 11.2. The van der Waals surface area contributed by atoms with Crippen LogP contribution in [-0.2, 0) is 32.6 Å². The lowest BCUT2D eigenvalue weighted by atomic mass is 10.0. The molecule has 10 heteroatoms. The van der Waals surface area contributed by atoms with Gasteiger partial charge in [-0.15, -0.1) is 0 Å². The Morgan fingerprint density at radius 3 is 2.44 bits per heavy atom. The molecule has 0 radical (unpaired) electrons. The van der Waals surface area contributed by atoms with Crippen molar-refractivity contribution in [3.05, 3.63) is 65.0 Å². The Labute approximate surface area is 212 Å². The number of nitrogens with two attached hydrogens (primary N) is 1. The first-order valence-corrected chi connectivity index (χ1v) is 13.7. The summed E-state index contributed by atoms with van der Waals surface area (Å²) in [5, 5.41) is 4.95. The van der Waals surface area contributed by atoms with Crippen LogP contribution < -0.4 is 9.88 Å². The predicted octanol–water partition coefficient (Wildman–Crippen LogP) is 2.42. The molecule has 1 heterocycles. The SMILES string of the molecule is Cc1ccc(OCC(=O)N2C[C@H](C)N(Cc3ccc(F)cc3)C[C@H]2C)c(CCC(=O)CS(N)(=O)=O)c1. The molecule has 8 nitrogen and oxygen atoms in total. The highest BCUT2D eigenvalue weighted by Gasteiger charge is 2.32. The number of ether oxygens (including phenoxy) is 1. The van der Waals surface area contributed by atoms with Crippen molar-refractivity contribution in [2.75, 3.05) is 25.4 Å². The number of hydrogen-bond donors (Lipinski definition) is 1. The highest BCUT2D eigenvalue weighted by Crippen LogP contribution is 2.23. The summed E-state index contributed by atoms with van der Waals surface area (Å²) in [6, 6.07) is 12.0. The summed E-state index contributed by atoms with van der Waals surface area (Å²) in [5.74, 6) is -1.07. The van der Waals surface area contributed by atoms with Crippen LogP contribution in [0.1, 0.15) is 37.0 Å². The van der Waals surface area contributed by atoms with Gasteiger partial charge < -0.3 is 9.64 Å². The van der Waals surface area contributed by atoms with Gasteiger partial charge in [0.1, 0.15) is 23.1 Å². The molecular formula is C26H34FN3O5S. The highest BCUT2D eigenvalue weighted by atomic mass is 32.2. The molecular weight excluding hydrogens is 485 g/mol.